The van der Waals surface area contributed by atoms with Gasteiger partial charge in [-0.2, -0.15) is 9.78 Å². The maximum Gasteiger partial charge on any atom is 0.282 e. The normalized spacial score (nSPS) is 11.9. The van der Waals surface area contributed by atoms with E-state index in [1.54, 1.807) is 36.4 Å². The zero-order valence-electron chi connectivity index (χ0n) is 20.5. The molecule has 0 amide bonds. The minimum atomic E-state index is -0.464. The molecule has 1 aromatic heterocycles. The summed E-state index contributed by atoms with van der Waals surface area (Å²) in [6.07, 6.45) is 1.50. The number of hydrogen-bond donors (Lipinski definition) is 0. The monoisotopic (exact) mass is 649 g/mol. The molecule has 1 heterocycles. The van der Waals surface area contributed by atoms with Crippen LogP contribution in [0.15, 0.2) is 67.4 Å². The SMILES string of the molecule is COc1cc(C=Nn2c(C(C)(C)C)nc3ccc(Br)cc3c2=O)c(Br)c(Cl)c1OCc1ccccc1F. The molecular weight excluding hydrogens is 629 g/mol. The van der Waals surface area contributed by atoms with Gasteiger partial charge in [-0.3, -0.25) is 4.79 Å². The lowest BCUT2D eigenvalue weighted by atomic mass is 9.95. The van der Waals surface area contributed by atoms with E-state index in [2.05, 4.69) is 37.0 Å². The van der Waals surface area contributed by atoms with E-state index < -0.39 is 5.41 Å². The zero-order chi connectivity index (χ0) is 26.9. The van der Waals surface area contributed by atoms with Crippen LogP contribution >= 0.6 is 43.5 Å². The van der Waals surface area contributed by atoms with Crippen LogP contribution in [0, 0.1) is 5.82 Å². The quantitative estimate of drug-likeness (QED) is 0.203. The van der Waals surface area contributed by atoms with E-state index in [1.807, 2.05) is 26.8 Å². The second-order valence-electron chi connectivity index (χ2n) is 9.21. The molecule has 0 fully saturated rings. The standard InChI is InChI=1S/C27H23Br2ClFN3O3/c1-27(2,3)26-33-20-10-9-17(28)12-18(20)25(35)34(26)32-13-16-11-21(36-4)24(23(30)22(16)29)37-14-15-7-5-6-8-19(15)31/h5-13H,14H2,1-4H3. The topological polar surface area (TPSA) is 65.7 Å². The highest BCUT2D eigenvalue weighted by molar-refractivity contribution is 9.10. The number of nitrogens with zero attached hydrogens (tertiary/aromatic N) is 3. The molecule has 192 valence electrons. The largest absolute Gasteiger partial charge is 0.493 e. The summed E-state index contributed by atoms with van der Waals surface area (Å²) in [5.74, 6) is 0.704. The molecule has 6 nitrogen and oxygen atoms in total. The minimum absolute atomic E-state index is 0.0364. The summed E-state index contributed by atoms with van der Waals surface area (Å²) in [5, 5.41) is 5.16. The Labute approximate surface area is 235 Å². The average Bonchev–Trinajstić information content (AvgIpc) is 2.85. The Bertz CT molecular complexity index is 1580. The number of aromatic nitrogens is 2. The van der Waals surface area contributed by atoms with Crippen LogP contribution in [-0.4, -0.2) is 23.0 Å². The van der Waals surface area contributed by atoms with Crippen molar-refractivity contribution in [1.29, 1.82) is 0 Å². The third kappa shape index (κ3) is 5.73. The summed E-state index contributed by atoms with van der Waals surface area (Å²) in [6, 6.07) is 13.4. The van der Waals surface area contributed by atoms with Gasteiger partial charge in [0.2, 0.25) is 0 Å². The van der Waals surface area contributed by atoms with Gasteiger partial charge in [0.15, 0.2) is 11.5 Å². The molecule has 0 N–H and O–H groups in total. The molecule has 0 aliphatic heterocycles. The number of methoxy groups -OCH3 is 1. The predicted molar refractivity (Wildman–Crippen MR) is 152 cm³/mol. The van der Waals surface area contributed by atoms with Gasteiger partial charge in [-0.05, 0) is 46.3 Å². The molecule has 0 saturated carbocycles. The van der Waals surface area contributed by atoms with Crippen LogP contribution in [0.3, 0.4) is 0 Å². The highest BCUT2D eigenvalue weighted by Crippen LogP contribution is 2.42. The first-order valence-electron chi connectivity index (χ1n) is 11.2. The van der Waals surface area contributed by atoms with E-state index in [4.69, 9.17) is 26.1 Å². The van der Waals surface area contributed by atoms with Gasteiger partial charge in [0.1, 0.15) is 23.3 Å². The molecule has 37 heavy (non-hydrogen) atoms. The summed E-state index contributed by atoms with van der Waals surface area (Å²) in [5.41, 5.74) is 0.751. The van der Waals surface area contributed by atoms with Crippen molar-refractivity contribution < 1.29 is 13.9 Å². The van der Waals surface area contributed by atoms with E-state index in [1.165, 1.54) is 24.1 Å². The third-order valence-corrected chi connectivity index (χ3v) is 7.43. The Hall–Kier alpha value is -2.75. The minimum Gasteiger partial charge on any atom is -0.493 e. The molecule has 0 unspecified atom stereocenters. The molecule has 3 aromatic carbocycles. The van der Waals surface area contributed by atoms with E-state index in [0.29, 0.717) is 38.1 Å². The first-order valence-corrected chi connectivity index (χ1v) is 13.2. The van der Waals surface area contributed by atoms with Crippen LogP contribution in [-0.2, 0) is 12.0 Å². The summed E-state index contributed by atoms with van der Waals surface area (Å²) >= 11 is 13.5. The fraction of sp³-hybridized carbons (Fsp3) is 0.222. The van der Waals surface area contributed by atoms with Crippen LogP contribution < -0.4 is 15.0 Å². The third-order valence-electron chi connectivity index (χ3n) is 5.50. The average molecular weight is 652 g/mol. The maximum atomic E-state index is 14.0. The molecule has 0 aliphatic rings. The second-order valence-corrected chi connectivity index (χ2v) is 11.3. The number of halogens is 4. The van der Waals surface area contributed by atoms with Gasteiger partial charge in [-0.15, -0.1) is 0 Å². The van der Waals surface area contributed by atoms with Crippen LogP contribution in [0.25, 0.3) is 10.9 Å². The van der Waals surface area contributed by atoms with E-state index in [0.717, 1.165) is 4.47 Å². The van der Waals surface area contributed by atoms with Crippen molar-refractivity contribution in [3.05, 3.63) is 95.6 Å². The van der Waals surface area contributed by atoms with Crippen LogP contribution in [0.5, 0.6) is 11.5 Å². The Kier molecular flexibility index (Phi) is 8.06. The zero-order valence-corrected chi connectivity index (χ0v) is 24.4. The first kappa shape index (κ1) is 27.3. The number of fused-ring (bicyclic) bond motifs is 1. The Morgan fingerprint density at radius 1 is 1.16 bits per heavy atom. The lowest BCUT2D eigenvalue weighted by Gasteiger charge is -2.21. The van der Waals surface area contributed by atoms with Gasteiger partial charge in [0.25, 0.3) is 5.56 Å². The summed E-state index contributed by atoms with van der Waals surface area (Å²) in [4.78, 5) is 18.1. The lowest BCUT2D eigenvalue weighted by molar-refractivity contribution is 0.279. The van der Waals surface area contributed by atoms with Gasteiger partial charge < -0.3 is 9.47 Å². The summed E-state index contributed by atoms with van der Waals surface area (Å²) < 4.78 is 27.9. The second kappa shape index (κ2) is 10.9. The van der Waals surface area contributed by atoms with Gasteiger partial charge in [0, 0.05) is 25.5 Å². The molecule has 0 saturated heterocycles. The molecule has 4 rings (SSSR count). The van der Waals surface area contributed by atoms with Gasteiger partial charge >= 0.3 is 0 Å². The number of rotatable bonds is 6. The molecular formula is C27H23Br2ClFN3O3. The number of ether oxygens (including phenoxy) is 2. The van der Waals surface area contributed by atoms with Gasteiger partial charge in [-0.1, -0.05) is 66.5 Å². The fourth-order valence-electron chi connectivity index (χ4n) is 3.61. The van der Waals surface area contributed by atoms with Crippen molar-refractivity contribution in [1.82, 2.24) is 9.66 Å². The Morgan fingerprint density at radius 3 is 2.57 bits per heavy atom. The highest BCUT2D eigenvalue weighted by Gasteiger charge is 2.23. The summed E-state index contributed by atoms with van der Waals surface area (Å²) in [7, 11) is 1.48. The Morgan fingerprint density at radius 2 is 1.89 bits per heavy atom. The van der Waals surface area contributed by atoms with Crippen LogP contribution in [0.1, 0.15) is 37.7 Å². The molecule has 0 aliphatic carbocycles. The van der Waals surface area contributed by atoms with Crippen molar-refractivity contribution in [2.75, 3.05) is 7.11 Å². The molecule has 0 radical (unpaired) electrons. The van der Waals surface area contributed by atoms with Gasteiger partial charge in [-0.25, -0.2) is 9.37 Å². The van der Waals surface area contributed by atoms with Gasteiger partial charge in [0.05, 0.1) is 24.2 Å². The molecule has 10 heteroatoms. The maximum absolute atomic E-state index is 14.0. The number of benzene rings is 3. The first-order chi connectivity index (χ1) is 17.5. The molecule has 0 bridgehead atoms. The van der Waals surface area contributed by atoms with Crippen molar-refractivity contribution >= 4 is 60.6 Å². The van der Waals surface area contributed by atoms with Crippen molar-refractivity contribution in [2.45, 2.75) is 32.8 Å². The van der Waals surface area contributed by atoms with E-state index in [9.17, 15) is 9.18 Å². The number of hydrogen-bond acceptors (Lipinski definition) is 5. The van der Waals surface area contributed by atoms with Crippen molar-refractivity contribution in [3.8, 4) is 11.5 Å². The highest BCUT2D eigenvalue weighted by atomic mass is 79.9. The lowest BCUT2D eigenvalue weighted by Crippen LogP contribution is -2.29. The predicted octanol–water partition coefficient (Wildman–Crippen LogP) is 7.48. The fourth-order valence-corrected chi connectivity index (χ4v) is 4.63. The molecule has 0 atom stereocenters. The Balaban J connectivity index is 1.77. The van der Waals surface area contributed by atoms with E-state index in [-0.39, 0.29) is 28.8 Å². The van der Waals surface area contributed by atoms with Crippen LogP contribution in [0.2, 0.25) is 5.02 Å². The van der Waals surface area contributed by atoms with E-state index >= 15 is 0 Å². The van der Waals surface area contributed by atoms with Crippen LogP contribution in [0.4, 0.5) is 4.39 Å². The van der Waals surface area contributed by atoms with Crippen molar-refractivity contribution in [2.24, 2.45) is 5.10 Å². The summed E-state index contributed by atoms with van der Waals surface area (Å²) in [6.45, 7) is 5.85. The smallest absolute Gasteiger partial charge is 0.282 e. The van der Waals surface area contributed by atoms with Crippen molar-refractivity contribution in [3.63, 3.8) is 0 Å². The molecule has 4 aromatic rings. The molecule has 0 spiro atoms.